The van der Waals surface area contributed by atoms with Gasteiger partial charge in [0.1, 0.15) is 5.78 Å². The van der Waals surface area contributed by atoms with Crippen molar-refractivity contribution in [1.82, 2.24) is 0 Å². The van der Waals surface area contributed by atoms with Crippen LogP contribution in [0.15, 0.2) is 23.8 Å². The summed E-state index contributed by atoms with van der Waals surface area (Å²) in [6, 6.07) is 0. The van der Waals surface area contributed by atoms with Crippen molar-refractivity contribution < 1.29 is 9.90 Å². The van der Waals surface area contributed by atoms with Gasteiger partial charge in [0.05, 0.1) is 0 Å². The fraction of sp³-hybridized carbons (Fsp3) is 0.821. The number of hydrogen-bond acceptors (Lipinski definition) is 2. The van der Waals surface area contributed by atoms with Gasteiger partial charge in [-0.25, -0.2) is 0 Å². The maximum absolute atomic E-state index is 12.1. The van der Waals surface area contributed by atoms with E-state index >= 15 is 0 Å². The Morgan fingerprint density at radius 2 is 1.80 bits per heavy atom. The van der Waals surface area contributed by atoms with Crippen LogP contribution in [-0.4, -0.2) is 17.5 Å². The first-order chi connectivity index (χ1) is 14.2. The van der Waals surface area contributed by atoms with E-state index in [1.54, 1.807) is 5.57 Å². The Balaban J connectivity index is 1.52. The molecule has 3 saturated carbocycles. The summed E-state index contributed by atoms with van der Waals surface area (Å²) in [7, 11) is 0. The molecule has 2 heteroatoms. The van der Waals surface area contributed by atoms with Gasteiger partial charge in [-0.15, -0.1) is 0 Å². The molecule has 0 bridgehead atoms. The van der Waals surface area contributed by atoms with Gasteiger partial charge < -0.3 is 5.11 Å². The maximum Gasteiger partial charge on any atom is 0.133 e. The minimum Gasteiger partial charge on any atom is -0.396 e. The molecule has 30 heavy (non-hydrogen) atoms. The highest BCUT2D eigenvalue weighted by atomic mass is 16.3. The quantitative estimate of drug-likeness (QED) is 0.517. The second-order valence-corrected chi connectivity index (χ2v) is 12.0. The van der Waals surface area contributed by atoms with Gasteiger partial charge in [-0.1, -0.05) is 58.4 Å². The molecule has 4 aliphatic carbocycles. The third-order valence-electron chi connectivity index (χ3n) is 10.5. The number of carbonyl (C=O) groups excluding carboxylic acids is 1. The van der Waals surface area contributed by atoms with Gasteiger partial charge in [-0.3, -0.25) is 4.79 Å². The van der Waals surface area contributed by atoms with Crippen LogP contribution in [0.1, 0.15) is 86.0 Å². The van der Waals surface area contributed by atoms with E-state index in [1.165, 1.54) is 25.7 Å². The standard InChI is InChI=1S/C28H44O2/c1-18(20(3)17-29)6-7-19(2)24-10-11-25-23-9-8-21-16-22(30)12-14-27(21,4)26(23)13-15-28(24,25)5/h6-7,9,18-21,24-26,29H,8,10-17H2,1-5H3/b7-6+/t18-,19+,20+,21+,24+,25+,26+,27-,28+/m0/s1. The molecule has 0 aliphatic heterocycles. The normalized spacial score (nSPS) is 44.1. The molecule has 1 N–H and O–H groups in total. The molecular formula is C28H44O2. The highest BCUT2D eigenvalue weighted by molar-refractivity contribution is 5.79. The molecule has 9 atom stereocenters. The summed E-state index contributed by atoms with van der Waals surface area (Å²) < 4.78 is 0. The van der Waals surface area contributed by atoms with Crippen LogP contribution >= 0.6 is 0 Å². The average Bonchev–Trinajstić information content (AvgIpc) is 3.09. The van der Waals surface area contributed by atoms with Crippen molar-refractivity contribution in [2.24, 2.45) is 52.3 Å². The Labute approximate surface area is 184 Å². The zero-order valence-electron chi connectivity index (χ0n) is 20.0. The molecular weight excluding hydrogens is 368 g/mol. The number of Topliss-reactive ketones (excluding diaryl/α,β-unsaturated/α-hetero) is 1. The summed E-state index contributed by atoms with van der Waals surface area (Å²) in [4.78, 5) is 12.1. The zero-order valence-corrected chi connectivity index (χ0v) is 20.0. The number of ketones is 1. The van der Waals surface area contributed by atoms with Crippen molar-refractivity contribution in [3.63, 3.8) is 0 Å². The molecule has 0 amide bonds. The first kappa shape index (κ1) is 22.3. The molecule has 0 radical (unpaired) electrons. The SMILES string of the molecule is C[C@H](/C=C/[C@H](C)[C@H](C)CO)[C@H]1CC[C@@H]2C3=CC[C@@H]4CC(=O)CC[C@]4(C)[C@@H]3CC[C@@]21C. The Kier molecular flexibility index (Phi) is 6.12. The number of aliphatic hydroxyl groups excluding tert-OH is 1. The molecule has 3 fully saturated rings. The van der Waals surface area contributed by atoms with Gasteiger partial charge in [0, 0.05) is 19.4 Å². The summed E-state index contributed by atoms with van der Waals surface area (Å²) in [5.74, 6) is 4.69. The van der Waals surface area contributed by atoms with E-state index in [-0.39, 0.29) is 6.61 Å². The van der Waals surface area contributed by atoms with Gasteiger partial charge >= 0.3 is 0 Å². The number of carbonyl (C=O) groups is 1. The second kappa shape index (κ2) is 8.23. The maximum atomic E-state index is 12.1. The Bertz CT molecular complexity index is 720. The second-order valence-electron chi connectivity index (χ2n) is 12.0. The van der Waals surface area contributed by atoms with Crippen LogP contribution < -0.4 is 0 Å². The van der Waals surface area contributed by atoms with Crippen molar-refractivity contribution in [3.05, 3.63) is 23.8 Å². The fourth-order valence-electron chi connectivity index (χ4n) is 8.05. The lowest BCUT2D eigenvalue weighted by atomic mass is 9.48. The van der Waals surface area contributed by atoms with Crippen molar-refractivity contribution in [2.45, 2.75) is 86.0 Å². The van der Waals surface area contributed by atoms with Crippen LogP contribution in [0.25, 0.3) is 0 Å². The molecule has 0 saturated heterocycles. The van der Waals surface area contributed by atoms with E-state index in [4.69, 9.17) is 0 Å². The highest BCUT2D eigenvalue weighted by Gasteiger charge is 2.58. The summed E-state index contributed by atoms with van der Waals surface area (Å²) in [5.41, 5.74) is 2.57. The van der Waals surface area contributed by atoms with E-state index in [9.17, 15) is 9.90 Å². The average molecular weight is 413 g/mol. The van der Waals surface area contributed by atoms with Gasteiger partial charge in [0.25, 0.3) is 0 Å². The molecule has 0 unspecified atom stereocenters. The van der Waals surface area contributed by atoms with E-state index in [2.05, 4.69) is 52.8 Å². The number of allylic oxidation sites excluding steroid dienone is 4. The summed E-state index contributed by atoms with van der Waals surface area (Å²) in [5, 5.41) is 9.45. The predicted octanol–water partition coefficient (Wildman–Crippen LogP) is 6.59. The van der Waals surface area contributed by atoms with Crippen LogP contribution in [0.2, 0.25) is 0 Å². The minimum absolute atomic E-state index is 0.268. The molecule has 2 nitrogen and oxygen atoms in total. The number of aliphatic hydroxyl groups is 1. The Morgan fingerprint density at radius 3 is 2.53 bits per heavy atom. The topological polar surface area (TPSA) is 37.3 Å². The van der Waals surface area contributed by atoms with E-state index in [0.717, 1.165) is 43.4 Å². The van der Waals surface area contributed by atoms with E-state index in [1.807, 2.05) is 0 Å². The lowest BCUT2D eigenvalue weighted by molar-refractivity contribution is -0.127. The molecule has 0 heterocycles. The molecule has 0 aromatic carbocycles. The molecule has 4 rings (SSSR count). The number of rotatable bonds is 5. The molecule has 168 valence electrons. The van der Waals surface area contributed by atoms with Gasteiger partial charge in [0.2, 0.25) is 0 Å². The lowest BCUT2D eigenvalue weighted by Crippen LogP contribution is -2.49. The minimum atomic E-state index is 0.268. The van der Waals surface area contributed by atoms with Crippen molar-refractivity contribution >= 4 is 5.78 Å². The van der Waals surface area contributed by atoms with Crippen molar-refractivity contribution in [2.75, 3.05) is 6.61 Å². The van der Waals surface area contributed by atoms with Crippen LogP contribution in [0.5, 0.6) is 0 Å². The van der Waals surface area contributed by atoms with Crippen molar-refractivity contribution in [3.8, 4) is 0 Å². The van der Waals surface area contributed by atoms with Gasteiger partial charge in [0.15, 0.2) is 0 Å². The lowest BCUT2D eigenvalue weighted by Gasteiger charge is -2.57. The van der Waals surface area contributed by atoms with E-state index in [0.29, 0.717) is 40.3 Å². The summed E-state index contributed by atoms with van der Waals surface area (Å²) in [6.07, 6.45) is 16.7. The van der Waals surface area contributed by atoms with Crippen LogP contribution in [0, 0.1) is 52.3 Å². The number of hydrogen-bond donors (Lipinski definition) is 1. The molecule has 0 spiro atoms. The Morgan fingerprint density at radius 1 is 1.07 bits per heavy atom. The van der Waals surface area contributed by atoms with Gasteiger partial charge in [-0.05, 0) is 90.8 Å². The smallest absolute Gasteiger partial charge is 0.133 e. The van der Waals surface area contributed by atoms with Gasteiger partial charge in [-0.2, -0.15) is 0 Å². The first-order valence-corrected chi connectivity index (χ1v) is 12.7. The third kappa shape index (κ3) is 3.55. The summed E-state index contributed by atoms with van der Waals surface area (Å²) >= 11 is 0. The monoisotopic (exact) mass is 412 g/mol. The van der Waals surface area contributed by atoms with E-state index < -0.39 is 0 Å². The van der Waals surface area contributed by atoms with Crippen LogP contribution in [0.3, 0.4) is 0 Å². The summed E-state index contributed by atoms with van der Waals surface area (Å²) in [6.45, 7) is 12.2. The first-order valence-electron chi connectivity index (χ1n) is 12.7. The number of fused-ring (bicyclic) bond motifs is 5. The molecule has 4 aliphatic rings. The Hall–Kier alpha value is -0.890. The fourth-order valence-corrected chi connectivity index (χ4v) is 8.05. The van der Waals surface area contributed by atoms with Crippen LogP contribution in [0.4, 0.5) is 0 Å². The predicted molar refractivity (Wildman–Crippen MR) is 124 cm³/mol. The largest absolute Gasteiger partial charge is 0.396 e. The highest BCUT2D eigenvalue weighted by Crippen LogP contribution is 2.66. The third-order valence-corrected chi connectivity index (χ3v) is 10.5. The van der Waals surface area contributed by atoms with Crippen LogP contribution in [-0.2, 0) is 4.79 Å². The van der Waals surface area contributed by atoms with Crippen molar-refractivity contribution in [1.29, 1.82) is 0 Å². The zero-order chi connectivity index (χ0) is 21.7. The molecule has 0 aromatic rings. The molecule has 0 aromatic heterocycles.